The lowest BCUT2D eigenvalue weighted by Gasteiger charge is -2.18. The van der Waals surface area contributed by atoms with Crippen LogP contribution in [0.15, 0.2) is 18.2 Å². The normalized spacial score (nSPS) is 13.6. The first kappa shape index (κ1) is 16.1. The van der Waals surface area contributed by atoms with Crippen LogP contribution in [0.25, 0.3) is 0 Å². The van der Waals surface area contributed by atoms with Crippen LogP contribution in [0.1, 0.15) is 30.6 Å². The van der Waals surface area contributed by atoms with E-state index in [1.165, 1.54) is 13.0 Å². The van der Waals surface area contributed by atoms with Gasteiger partial charge in [-0.15, -0.1) is 0 Å². The summed E-state index contributed by atoms with van der Waals surface area (Å²) < 4.78 is 0. The summed E-state index contributed by atoms with van der Waals surface area (Å²) >= 11 is 0. The minimum atomic E-state index is -1.37. The summed E-state index contributed by atoms with van der Waals surface area (Å²) in [7, 11) is 0. The fourth-order valence-electron chi connectivity index (χ4n) is 1.93. The Labute approximate surface area is 116 Å². The smallest absolute Gasteiger partial charge is 0.278 e. The van der Waals surface area contributed by atoms with Gasteiger partial charge < -0.3 is 15.5 Å². The maximum atomic E-state index is 11.0. The number of nitrogens with zero attached hydrogens (tertiary/aromatic N) is 1. The Balaban J connectivity index is 2.86. The molecule has 3 N–H and O–H groups in total. The molecule has 1 aromatic rings. The van der Waals surface area contributed by atoms with Crippen LogP contribution in [0.2, 0.25) is 0 Å². The van der Waals surface area contributed by atoms with Crippen molar-refractivity contribution in [3.8, 4) is 0 Å². The van der Waals surface area contributed by atoms with Crippen molar-refractivity contribution in [2.75, 3.05) is 6.54 Å². The number of amides is 1. The molecule has 7 heteroatoms. The van der Waals surface area contributed by atoms with Crippen molar-refractivity contribution in [2.45, 2.75) is 32.5 Å². The van der Waals surface area contributed by atoms with E-state index in [4.69, 9.17) is 0 Å². The van der Waals surface area contributed by atoms with Gasteiger partial charge in [-0.05, 0) is 19.4 Å². The van der Waals surface area contributed by atoms with E-state index < -0.39 is 17.1 Å². The Hall–Kier alpha value is -1.99. The molecule has 7 nitrogen and oxygen atoms in total. The van der Waals surface area contributed by atoms with Crippen molar-refractivity contribution in [3.63, 3.8) is 0 Å². The molecule has 20 heavy (non-hydrogen) atoms. The molecule has 1 amide bonds. The summed E-state index contributed by atoms with van der Waals surface area (Å²) in [5, 5.41) is 33.4. The molecule has 0 heterocycles. The standard InChI is InChI=1S/C13H18N2O5/c1-8-4-3-5-10(12(8)15(19)20)13(18)11(17)6-7-14-9(2)16/h3-5,11,13,17-18H,6-7H2,1-2H3,(H,14,16). The fraction of sp³-hybridized carbons (Fsp3) is 0.462. The Morgan fingerprint density at radius 3 is 2.65 bits per heavy atom. The van der Waals surface area contributed by atoms with Crippen LogP contribution in [0.4, 0.5) is 5.69 Å². The molecule has 110 valence electrons. The number of aliphatic hydroxyl groups excluding tert-OH is 2. The van der Waals surface area contributed by atoms with E-state index in [-0.39, 0.29) is 30.1 Å². The van der Waals surface area contributed by atoms with Gasteiger partial charge in [-0.1, -0.05) is 12.1 Å². The highest BCUT2D eigenvalue weighted by atomic mass is 16.6. The molecule has 2 atom stereocenters. The number of para-hydroxylation sites is 1. The molecule has 0 aromatic heterocycles. The second kappa shape index (κ2) is 6.97. The molecule has 0 saturated heterocycles. The van der Waals surface area contributed by atoms with E-state index in [0.29, 0.717) is 5.56 Å². The molecule has 0 radical (unpaired) electrons. The van der Waals surface area contributed by atoms with Crippen LogP contribution in [-0.4, -0.2) is 33.7 Å². The predicted molar refractivity (Wildman–Crippen MR) is 72.1 cm³/mol. The number of carbonyl (C=O) groups is 1. The quantitative estimate of drug-likeness (QED) is 0.528. The number of benzene rings is 1. The van der Waals surface area contributed by atoms with Gasteiger partial charge in [0.1, 0.15) is 6.10 Å². The van der Waals surface area contributed by atoms with Gasteiger partial charge in [0.2, 0.25) is 5.91 Å². The summed E-state index contributed by atoms with van der Waals surface area (Å²) in [4.78, 5) is 21.2. The molecule has 0 aliphatic heterocycles. The van der Waals surface area contributed by atoms with Gasteiger partial charge in [-0.25, -0.2) is 0 Å². The topological polar surface area (TPSA) is 113 Å². The molecular weight excluding hydrogens is 264 g/mol. The first-order valence-electron chi connectivity index (χ1n) is 6.19. The fourth-order valence-corrected chi connectivity index (χ4v) is 1.93. The molecule has 0 saturated carbocycles. The molecule has 2 unspecified atom stereocenters. The van der Waals surface area contributed by atoms with Gasteiger partial charge in [0.25, 0.3) is 5.69 Å². The number of hydrogen-bond donors (Lipinski definition) is 3. The van der Waals surface area contributed by atoms with Gasteiger partial charge in [0.05, 0.1) is 16.6 Å². The van der Waals surface area contributed by atoms with Crippen LogP contribution in [0, 0.1) is 17.0 Å². The third-order valence-corrected chi connectivity index (χ3v) is 2.95. The van der Waals surface area contributed by atoms with E-state index >= 15 is 0 Å². The van der Waals surface area contributed by atoms with Crippen molar-refractivity contribution in [2.24, 2.45) is 0 Å². The largest absolute Gasteiger partial charge is 0.390 e. The van der Waals surface area contributed by atoms with E-state index in [0.717, 1.165) is 0 Å². The number of aliphatic hydroxyl groups is 2. The van der Waals surface area contributed by atoms with Crippen molar-refractivity contribution in [3.05, 3.63) is 39.4 Å². The van der Waals surface area contributed by atoms with E-state index in [1.54, 1.807) is 19.1 Å². The van der Waals surface area contributed by atoms with Gasteiger partial charge >= 0.3 is 0 Å². The maximum Gasteiger partial charge on any atom is 0.278 e. The summed E-state index contributed by atoms with van der Waals surface area (Å²) in [5.74, 6) is -0.242. The average molecular weight is 282 g/mol. The van der Waals surface area contributed by atoms with Crippen LogP contribution >= 0.6 is 0 Å². The molecule has 0 fully saturated rings. The lowest BCUT2D eigenvalue weighted by Crippen LogP contribution is -2.28. The van der Waals surface area contributed by atoms with Crippen LogP contribution < -0.4 is 5.32 Å². The molecule has 1 rings (SSSR count). The first-order chi connectivity index (χ1) is 9.34. The molecule has 0 bridgehead atoms. The Kier molecular flexibility index (Phi) is 5.60. The Morgan fingerprint density at radius 2 is 2.10 bits per heavy atom. The van der Waals surface area contributed by atoms with Crippen LogP contribution in [-0.2, 0) is 4.79 Å². The second-order valence-corrected chi connectivity index (χ2v) is 4.55. The highest BCUT2D eigenvalue weighted by Gasteiger charge is 2.27. The number of nitro groups is 1. The molecular formula is C13H18N2O5. The average Bonchev–Trinajstić information content (AvgIpc) is 2.36. The van der Waals surface area contributed by atoms with E-state index in [2.05, 4.69) is 5.32 Å². The van der Waals surface area contributed by atoms with Crippen molar-refractivity contribution in [1.29, 1.82) is 0 Å². The highest BCUT2D eigenvalue weighted by Crippen LogP contribution is 2.30. The predicted octanol–water partition coefficient (Wildman–Crippen LogP) is 0.824. The number of aryl methyl sites for hydroxylation is 1. The highest BCUT2D eigenvalue weighted by molar-refractivity contribution is 5.72. The number of nitrogens with one attached hydrogen (secondary N) is 1. The van der Waals surface area contributed by atoms with Gasteiger partial charge in [-0.3, -0.25) is 14.9 Å². The van der Waals surface area contributed by atoms with Crippen LogP contribution in [0.3, 0.4) is 0 Å². The summed E-state index contributed by atoms with van der Waals surface area (Å²) in [6, 6.07) is 4.57. The second-order valence-electron chi connectivity index (χ2n) is 4.55. The monoisotopic (exact) mass is 282 g/mol. The van der Waals surface area contributed by atoms with E-state index in [9.17, 15) is 25.1 Å². The minimum Gasteiger partial charge on any atom is -0.390 e. The third-order valence-electron chi connectivity index (χ3n) is 2.95. The molecule has 0 spiro atoms. The summed E-state index contributed by atoms with van der Waals surface area (Å²) in [6.07, 6.45) is -2.46. The Morgan fingerprint density at radius 1 is 1.45 bits per heavy atom. The number of carbonyl (C=O) groups excluding carboxylic acids is 1. The van der Waals surface area contributed by atoms with E-state index in [1.807, 2.05) is 0 Å². The maximum absolute atomic E-state index is 11.0. The van der Waals surface area contributed by atoms with Gasteiger partial charge in [-0.2, -0.15) is 0 Å². The lowest BCUT2D eigenvalue weighted by atomic mass is 9.98. The zero-order chi connectivity index (χ0) is 15.3. The number of nitro benzene ring substituents is 1. The zero-order valence-corrected chi connectivity index (χ0v) is 11.4. The van der Waals surface area contributed by atoms with Gasteiger partial charge in [0.15, 0.2) is 0 Å². The zero-order valence-electron chi connectivity index (χ0n) is 11.4. The van der Waals surface area contributed by atoms with Crippen molar-refractivity contribution >= 4 is 11.6 Å². The molecule has 1 aromatic carbocycles. The Bertz CT molecular complexity index is 504. The summed E-state index contributed by atoms with van der Waals surface area (Å²) in [6.45, 7) is 3.10. The molecule has 0 aliphatic carbocycles. The van der Waals surface area contributed by atoms with Crippen LogP contribution in [0.5, 0.6) is 0 Å². The lowest BCUT2D eigenvalue weighted by molar-refractivity contribution is -0.386. The third kappa shape index (κ3) is 4.01. The minimum absolute atomic E-state index is 0.0744. The van der Waals surface area contributed by atoms with Crippen molar-refractivity contribution in [1.82, 2.24) is 5.32 Å². The number of hydrogen-bond acceptors (Lipinski definition) is 5. The molecule has 0 aliphatic rings. The van der Waals surface area contributed by atoms with Crippen molar-refractivity contribution < 1.29 is 19.9 Å². The number of rotatable bonds is 6. The SMILES string of the molecule is CC(=O)NCCC(O)C(O)c1cccc(C)c1[N+](=O)[O-]. The van der Waals surface area contributed by atoms with Gasteiger partial charge in [0, 0.05) is 19.0 Å². The first-order valence-corrected chi connectivity index (χ1v) is 6.19. The summed E-state index contributed by atoms with van der Waals surface area (Å²) in [5.41, 5.74) is 0.296.